The van der Waals surface area contributed by atoms with Gasteiger partial charge in [-0.1, -0.05) is 35.5 Å². The summed E-state index contributed by atoms with van der Waals surface area (Å²) >= 11 is 9.50. The molecule has 1 saturated heterocycles. The van der Waals surface area contributed by atoms with Crippen molar-refractivity contribution in [2.75, 3.05) is 12.4 Å². The number of halogens is 2. The van der Waals surface area contributed by atoms with Crippen LogP contribution in [0.4, 0.5) is 11.4 Å². The third-order valence-electron chi connectivity index (χ3n) is 5.09. The zero-order valence-corrected chi connectivity index (χ0v) is 21.9. The van der Waals surface area contributed by atoms with Gasteiger partial charge in [0.05, 0.1) is 19.3 Å². The van der Waals surface area contributed by atoms with E-state index in [1.165, 1.54) is 11.8 Å². The summed E-state index contributed by atoms with van der Waals surface area (Å²) < 4.78 is 6.29. The molecule has 4 rings (SSSR count). The molecule has 1 atom stereocenters. The van der Waals surface area contributed by atoms with Crippen molar-refractivity contribution in [3.8, 4) is 5.75 Å². The number of carbonyl (C=O) groups is 2. The monoisotopic (exact) mass is 605 g/mol. The smallest absolute Gasteiger partial charge is 0.238 e. The maximum atomic E-state index is 13.2. The van der Waals surface area contributed by atoms with Crippen molar-refractivity contribution in [3.05, 3.63) is 87.0 Å². The Kier molecular flexibility index (Phi) is 8.12. The van der Waals surface area contributed by atoms with Crippen LogP contribution in [0.3, 0.4) is 0 Å². The lowest BCUT2D eigenvalue weighted by atomic mass is 10.2. The topological polar surface area (TPSA) is 71.0 Å². The second kappa shape index (κ2) is 11.2. The van der Waals surface area contributed by atoms with E-state index in [0.717, 1.165) is 9.13 Å². The normalized spacial score (nSPS) is 17.0. The number of ether oxygens (including phenoxy) is 1. The summed E-state index contributed by atoms with van der Waals surface area (Å²) in [4.78, 5) is 32.5. The predicted molar refractivity (Wildman–Crippen MR) is 146 cm³/mol. The first-order valence-electron chi connectivity index (χ1n) is 10.4. The Morgan fingerprint density at radius 2 is 1.79 bits per heavy atom. The summed E-state index contributed by atoms with van der Waals surface area (Å²) in [6.07, 6.45) is 0.0795. The summed E-state index contributed by atoms with van der Waals surface area (Å²) in [5, 5.41) is 3.42. The molecule has 3 aromatic rings. The highest BCUT2D eigenvalue weighted by Gasteiger charge is 2.36. The van der Waals surface area contributed by atoms with Crippen LogP contribution in [0.5, 0.6) is 5.75 Å². The lowest BCUT2D eigenvalue weighted by molar-refractivity contribution is -0.129. The molecule has 0 aromatic heterocycles. The molecule has 1 aliphatic heterocycles. The van der Waals surface area contributed by atoms with Gasteiger partial charge in [0.2, 0.25) is 11.8 Å². The molecule has 174 valence electrons. The number of aliphatic imine (C=N–C) groups is 1. The van der Waals surface area contributed by atoms with Gasteiger partial charge in [-0.3, -0.25) is 14.5 Å². The number of hydrogen-bond donors (Lipinski definition) is 1. The van der Waals surface area contributed by atoms with Crippen LogP contribution in [0.25, 0.3) is 0 Å². The molecule has 1 unspecified atom stereocenters. The van der Waals surface area contributed by atoms with Gasteiger partial charge in [-0.15, -0.1) is 0 Å². The Bertz CT molecular complexity index is 1200. The molecule has 9 heteroatoms. The van der Waals surface area contributed by atoms with E-state index < -0.39 is 5.25 Å². The number of nitrogens with one attached hydrogen (secondary N) is 1. The average molecular weight is 606 g/mol. The summed E-state index contributed by atoms with van der Waals surface area (Å²) in [5.74, 6) is 0.320. The molecule has 1 N–H and O–H groups in total. The Morgan fingerprint density at radius 1 is 1.12 bits per heavy atom. The number of nitrogens with zero attached hydrogens (tertiary/aromatic N) is 2. The van der Waals surface area contributed by atoms with E-state index in [9.17, 15) is 9.59 Å². The van der Waals surface area contributed by atoms with Gasteiger partial charge in [0.1, 0.15) is 11.0 Å². The molecule has 34 heavy (non-hydrogen) atoms. The molecular formula is C25H21ClIN3O3S. The minimum atomic E-state index is -0.592. The molecule has 0 spiro atoms. The fraction of sp³-hybridized carbons (Fsp3) is 0.160. The summed E-state index contributed by atoms with van der Waals surface area (Å²) in [6.45, 7) is 0.337. The first kappa shape index (κ1) is 24.6. The number of benzene rings is 3. The van der Waals surface area contributed by atoms with Gasteiger partial charge in [0.25, 0.3) is 0 Å². The maximum absolute atomic E-state index is 13.2. The van der Waals surface area contributed by atoms with Crippen LogP contribution in [0.2, 0.25) is 5.02 Å². The molecule has 6 nitrogen and oxygen atoms in total. The van der Waals surface area contributed by atoms with Crippen molar-refractivity contribution in [2.45, 2.75) is 18.2 Å². The average Bonchev–Trinajstić information content (AvgIpc) is 2.84. The molecule has 0 bridgehead atoms. The molecule has 2 amide bonds. The number of hydrogen-bond acceptors (Lipinski definition) is 5. The molecule has 1 aliphatic rings. The fourth-order valence-corrected chi connectivity index (χ4v) is 4.88. The van der Waals surface area contributed by atoms with Gasteiger partial charge in [0.15, 0.2) is 5.17 Å². The number of rotatable bonds is 6. The van der Waals surface area contributed by atoms with Crippen molar-refractivity contribution in [1.29, 1.82) is 0 Å². The molecule has 0 aliphatic carbocycles. The van der Waals surface area contributed by atoms with E-state index >= 15 is 0 Å². The van der Waals surface area contributed by atoms with Crippen LogP contribution in [0, 0.1) is 3.57 Å². The van der Waals surface area contributed by atoms with E-state index in [1.807, 2.05) is 48.5 Å². The highest BCUT2D eigenvalue weighted by Crippen LogP contribution is 2.31. The standard InChI is InChI=1S/C25H21ClIN3O3S/c1-33-21-12-10-20(11-13-21)29-25-30(15-16-2-4-17(26)5-3-16)23(31)14-22(34-25)24(32)28-19-8-6-18(27)7-9-19/h2-13,22H,14-15H2,1H3,(H,28,32). The largest absolute Gasteiger partial charge is 0.497 e. The predicted octanol–water partition coefficient (Wildman–Crippen LogP) is 6.11. The summed E-state index contributed by atoms with van der Waals surface area (Å²) in [6, 6.07) is 22.1. The molecule has 0 saturated carbocycles. The second-order valence-electron chi connectivity index (χ2n) is 7.51. The van der Waals surface area contributed by atoms with Crippen molar-refractivity contribution < 1.29 is 14.3 Å². The number of methoxy groups -OCH3 is 1. The Balaban J connectivity index is 1.59. The maximum Gasteiger partial charge on any atom is 0.238 e. The van der Waals surface area contributed by atoms with Crippen molar-refractivity contribution in [1.82, 2.24) is 4.90 Å². The minimum absolute atomic E-state index is 0.0795. The second-order valence-corrected chi connectivity index (χ2v) is 10.4. The first-order chi connectivity index (χ1) is 16.4. The molecule has 3 aromatic carbocycles. The molecule has 1 fully saturated rings. The van der Waals surface area contributed by atoms with Crippen LogP contribution in [0.1, 0.15) is 12.0 Å². The van der Waals surface area contributed by atoms with E-state index in [0.29, 0.717) is 33.9 Å². The minimum Gasteiger partial charge on any atom is -0.497 e. The van der Waals surface area contributed by atoms with Gasteiger partial charge in [-0.25, -0.2) is 4.99 Å². The molecule has 1 heterocycles. The lowest BCUT2D eigenvalue weighted by Gasteiger charge is -2.32. The number of amides is 2. The van der Waals surface area contributed by atoms with Gasteiger partial charge in [-0.05, 0) is 88.8 Å². The molecular weight excluding hydrogens is 585 g/mol. The van der Waals surface area contributed by atoms with Crippen LogP contribution < -0.4 is 10.1 Å². The Labute approximate surface area is 220 Å². The van der Waals surface area contributed by atoms with Crippen molar-refractivity contribution in [3.63, 3.8) is 0 Å². The van der Waals surface area contributed by atoms with Gasteiger partial charge in [-0.2, -0.15) is 0 Å². The number of anilines is 1. The highest BCUT2D eigenvalue weighted by atomic mass is 127. The van der Waals surface area contributed by atoms with E-state index in [4.69, 9.17) is 21.3 Å². The van der Waals surface area contributed by atoms with Crippen LogP contribution >= 0.6 is 46.0 Å². The van der Waals surface area contributed by atoms with E-state index in [-0.39, 0.29) is 18.2 Å². The number of carbonyl (C=O) groups excluding carboxylic acids is 2. The SMILES string of the molecule is COc1ccc(N=C2SC(C(=O)Nc3ccc(I)cc3)CC(=O)N2Cc2ccc(Cl)cc2)cc1. The quantitative estimate of drug-likeness (QED) is 0.344. The third-order valence-corrected chi connectivity index (χ3v) is 7.25. The van der Waals surface area contributed by atoms with Crippen molar-refractivity contribution in [2.24, 2.45) is 4.99 Å². The van der Waals surface area contributed by atoms with E-state index in [1.54, 1.807) is 36.3 Å². The summed E-state index contributed by atoms with van der Waals surface area (Å²) in [5.41, 5.74) is 2.27. The molecule has 0 radical (unpaired) electrons. The zero-order valence-electron chi connectivity index (χ0n) is 18.2. The van der Waals surface area contributed by atoms with Gasteiger partial charge in [0, 0.05) is 20.7 Å². The Morgan fingerprint density at radius 3 is 2.44 bits per heavy atom. The first-order valence-corrected chi connectivity index (χ1v) is 12.8. The number of amidine groups is 1. The van der Waals surface area contributed by atoms with Crippen LogP contribution in [-0.4, -0.2) is 34.2 Å². The van der Waals surface area contributed by atoms with Gasteiger partial charge >= 0.3 is 0 Å². The van der Waals surface area contributed by atoms with Crippen molar-refractivity contribution >= 4 is 74.3 Å². The van der Waals surface area contributed by atoms with E-state index in [2.05, 4.69) is 27.9 Å². The lowest BCUT2D eigenvalue weighted by Crippen LogP contribution is -2.44. The van der Waals surface area contributed by atoms with Crippen LogP contribution in [0.15, 0.2) is 77.8 Å². The third kappa shape index (κ3) is 6.31. The highest BCUT2D eigenvalue weighted by molar-refractivity contribution is 14.1. The summed E-state index contributed by atoms with van der Waals surface area (Å²) in [7, 11) is 1.60. The van der Waals surface area contributed by atoms with Gasteiger partial charge < -0.3 is 10.1 Å². The van der Waals surface area contributed by atoms with Crippen LogP contribution in [-0.2, 0) is 16.1 Å². The Hall–Kier alpha value is -2.56. The fourth-order valence-electron chi connectivity index (χ4n) is 3.29. The zero-order chi connectivity index (χ0) is 24.1. The number of thioether (sulfide) groups is 1.